The summed E-state index contributed by atoms with van der Waals surface area (Å²) >= 11 is 0. The van der Waals surface area contributed by atoms with Crippen LogP contribution in [0.4, 0.5) is 0 Å². The third kappa shape index (κ3) is 4.47. The summed E-state index contributed by atoms with van der Waals surface area (Å²) in [7, 11) is 0. The van der Waals surface area contributed by atoms with Gasteiger partial charge in [0.15, 0.2) is 0 Å². The molecule has 0 spiro atoms. The first-order chi connectivity index (χ1) is 9.41. The average Bonchev–Trinajstić information content (AvgIpc) is 2.63. The van der Waals surface area contributed by atoms with Gasteiger partial charge in [0.25, 0.3) is 0 Å². The Labute approximate surface area is 121 Å². The monoisotopic (exact) mass is 284 g/mol. The zero-order valence-electron chi connectivity index (χ0n) is 12.7. The van der Waals surface area contributed by atoms with E-state index >= 15 is 0 Å². The molecule has 0 aliphatic heterocycles. The minimum atomic E-state index is -0.965. The number of amides is 1. The number of rotatable bonds is 6. The molecule has 1 aliphatic rings. The van der Waals surface area contributed by atoms with Crippen molar-refractivity contribution in [3.63, 3.8) is 0 Å². The van der Waals surface area contributed by atoms with E-state index in [4.69, 9.17) is 5.73 Å². The number of carboxylic acids is 1. The minimum absolute atomic E-state index is 0.171. The summed E-state index contributed by atoms with van der Waals surface area (Å²) in [6, 6.07) is -0.811. The van der Waals surface area contributed by atoms with Crippen molar-refractivity contribution in [2.75, 3.05) is 6.54 Å². The Bertz CT molecular complexity index is 334. The predicted molar refractivity (Wildman–Crippen MR) is 78.2 cm³/mol. The molecule has 1 amide bonds. The van der Waals surface area contributed by atoms with Gasteiger partial charge >= 0.3 is 5.97 Å². The summed E-state index contributed by atoms with van der Waals surface area (Å²) in [4.78, 5) is 23.8. The summed E-state index contributed by atoms with van der Waals surface area (Å²) in [6.07, 6.45) is 6.22. The zero-order valence-corrected chi connectivity index (χ0v) is 12.7. The van der Waals surface area contributed by atoms with Crippen LogP contribution in [0.1, 0.15) is 58.8 Å². The van der Waals surface area contributed by atoms with Gasteiger partial charge in [-0.05, 0) is 25.2 Å². The van der Waals surface area contributed by atoms with Gasteiger partial charge in [0.05, 0.1) is 5.41 Å². The normalized spacial score (nSPS) is 20.2. The largest absolute Gasteiger partial charge is 0.480 e. The molecule has 1 fully saturated rings. The van der Waals surface area contributed by atoms with E-state index in [0.717, 1.165) is 38.5 Å². The first kappa shape index (κ1) is 17.0. The van der Waals surface area contributed by atoms with E-state index in [9.17, 15) is 14.7 Å². The number of aliphatic carboxylic acids is 1. The second-order valence-corrected chi connectivity index (χ2v) is 6.39. The highest BCUT2D eigenvalue weighted by Crippen LogP contribution is 2.34. The Morgan fingerprint density at radius 2 is 1.75 bits per heavy atom. The summed E-state index contributed by atoms with van der Waals surface area (Å²) in [5.74, 6) is -0.915. The smallest absolute Gasteiger partial charge is 0.326 e. The first-order valence-electron chi connectivity index (χ1n) is 7.65. The molecule has 0 aromatic heterocycles. The van der Waals surface area contributed by atoms with Gasteiger partial charge in [0, 0.05) is 6.54 Å². The van der Waals surface area contributed by atoms with Crippen LogP contribution in [0.2, 0.25) is 0 Å². The van der Waals surface area contributed by atoms with Crippen molar-refractivity contribution in [3.8, 4) is 0 Å². The van der Waals surface area contributed by atoms with Crippen LogP contribution in [-0.2, 0) is 9.59 Å². The Kier molecular flexibility index (Phi) is 6.46. The van der Waals surface area contributed by atoms with Crippen LogP contribution in [0.3, 0.4) is 0 Å². The average molecular weight is 284 g/mol. The molecule has 4 N–H and O–H groups in total. The van der Waals surface area contributed by atoms with Gasteiger partial charge < -0.3 is 16.2 Å². The Hall–Kier alpha value is -1.10. The van der Waals surface area contributed by atoms with E-state index in [1.807, 2.05) is 13.8 Å². The van der Waals surface area contributed by atoms with Crippen molar-refractivity contribution >= 4 is 11.9 Å². The number of hydrogen-bond donors (Lipinski definition) is 3. The van der Waals surface area contributed by atoms with Crippen molar-refractivity contribution in [3.05, 3.63) is 0 Å². The van der Waals surface area contributed by atoms with Crippen LogP contribution < -0.4 is 11.1 Å². The highest BCUT2D eigenvalue weighted by Gasteiger charge is 2.39. The summed E-state index contributed by atoms with van der Waals surface area (Å²) in [5, 5.41) is 12.0. The lowest BCUT2D eigenvalue weighted by Gasteiger charge is -2.31. The number of carboxylic acid groups (broad SMARTS) is 1. The topological polar surface area (TPSA) is 92.4 Å². The molecule has 0 aromatic rings. The van der Waals surface area contributed by atoms with E-state index in [-0.39, 0.29) is 11.8 Å². The minimum Gasteiger partial charge on any atom is -0.480 e. The van der Waals surface area contributed by atoms with Gasteiger partial charge in [0.1, 0.15) is 6.04 Å². The highest BCUT2D eigenvalue weighted by molar-refractivity contribution is 5.87. The van der Waals surface area contributed by atoms with Crippen LogP contribution in [-0.4, -0.2) is 29.6 Å². The quantitative estimate of drug-likeness (QED) is 0.649. The summed E-state index contributed by atoms with van der Waals surface area (Å²) in [6.45, 7) is 4.20. The maximum Gasteiger partial charge on any atom is 0.326 e. The fourth-order valence-corrected chi connectivity index (χ4v) is 2.93. The van der Waals surface area contributed by atoms with E-state index in [1.54, 1.807) is 0 Å². The van der Waals surface area contributed by atoms with Crippen molar-refractivity contribution in [2.24, 2.45) is 17.1 Å². The van der Waals surface area contributed by atoms with Crippen molar-refractivity contribution in [2.45, 2.75) is 64.8 Å². The van der Waals surface area contributed by atoms with Crippen molar-refractivity contribution < 1.29 is 14.7 Å². The van der Waals surface area contributed by atoms with Gasteiger partial charge in [-0.2, -0.15) is 0 Å². The van der Waals surface area contributed by atoms with Crippen molar-refractivity contribution in [1.29, 1.82) is 0 Å². The second kappa shape index (κ2) is 7.62. The zero-order chi connectivity index (χ0) is 15.2. The Morgan fingerprint density at radius 1 is 1.20 bits per heavy atom. The molecule has 0 unspecified atom stereocenters. The molecule has 0 heterocycles. The molecular weight excluding hydrogens is 256 g/mol. The molecule has 1 saturated carbocycles. The lowest BCUT2D eigenvalue weighted by Crippen LogP contribution is -2.51. The maximum atomic E-state index is 12.5. The molecule has 20 heavy (non-hydrogen) atoms. The molecule has 1 atom stereocenters. The molecule has 116 valence electrons. The lowest BCUT2D eigenvalue weighted by atomic mass is 9.79. The fraction of sp³-hybridized carbons (Fsp3) is 0.867. The molecule has 0 saturated heterocycles. The van der Waals surface area contributed by atoms with Gasteiger partial charge in [-0.1, -0.05) is 39.5 Å². The predicted octanol–water partition coefficient (Wildman–Crippen LogP) is 1.90. The molecule has 0 bridgehead atoms. The molecule has 1 aliphatic carbocycles. The Morgan fingerprint density at radius 3 is 2.15 bits per heavy atom. The SMILES string of the molecule is CC(C)C[C@H](NC(=O)C1(CN)CCCCCC1)C(=O)O. The third-order valence-electron chi connectivity index (χ3n) is 4.24. The second-order valence-electron chi connectivity index (χ2n) is 6.39. The molecule has 0 radical (unpaired) electrons. The lowest BCUT2D eigenvalue weighted by molar-refractivity contribution is -0.144. The van der Waals surface area contributed by atoms with Gasteiger partial charge in [0.2, 0.25) is 5.91 Å². The van der Waals surface area contributed by atoms with E-state index in [1.165, 1.54) is 0 Å². The Balaban J connectivity index is 2.76. The number of carbonyl (C=O) groups is 2. The van der Waals surface area contributed by atoms with Crippen molar-refractivity contribution in [1.82, 2.24) is 5.32 Å². The van der Waals surface area contributed by atoms with Crippen LogP contribution >= 0.6 is 0 Å². The van der Waals surface area contributed by atoms with Gasteiger partial charge in [-0.25, -0.2) is 4.79 Å². The van der Waals surface area contributed by atoms with E-state index in [2.05, 4.69) is 5.32 Å². The van der Waals surface area contributed by atoms with Crippen LogP contribution in [0, 0.1) is 11.3 Å². The van der Waals surface area contributed by atoms with Gasteiger partial charge in [-0.15, -0.1) is 0 Å². The van der Waals surface area contributed by atoms with Crippen LogP contribution in [0.15, 0.2) is 0 Å². The number of nitrogens with two attached hydrogens (primary N) is 1. The number of nitrogens with one attached hydrogen (secondary N) is 1. The molecule has 0 aromatic carbocycles. The molecular formula is C15H28N2O3. The molecule has 5 heteroatoms. The van der Waals surface area contributed by atoms with E-state index < -0.39 is 17.4 Å². The summed E-state index contributed by atoms with van der Waals surface area (Å²) < 4.78 is 0. The summed E-state index contributed by atoms with van der Waals surface area (Å²) in [5.41, 5.74) is 5.29. The molecule has 5 nitrogen and oxygen atoms in total. The fourth-order valence-electron chi connectivity index (χ4n) is 2.93. The molecule has 1 rings (SSSR count). The third-order valence-corrected chi connectivity index (χ3v) is 4.24. The number of hydrogen-bond acceptors (Lipinski definition) is 3. The highest BCUT2D eigenvalue weighted by atomic mass is 16.4. The van der Waals surface area contributed by atoms with Gasteiger partial charge in [-0.3, -0.25) is 4.79 Å². The van der Waals surface area contributed by atoms with Crippen LogP contribution in [0.25, 0.3) is 0 Å². The first-order valence-corrected chi connectivity index (χ1v) is 7.65. The maximum absolute atomic E-state index is 12.5. The number of carbonyl (C=O) groups excluding carboxylic acids is 1. The standard InChI is InChI=1S/C15H28N2O3/c1-11(2)9-12(13(18)19)17-14(20)15(10-16)7-5-3-4-6-8-15/h11-12H,3-10,16H2,1-2H3,(H,17,20)(H,18,19)/t12-/m0/s1. The van der Waals surface area contributed by atoms with E-state index in [0.29, 0.717) is 13.0 Å². The van der Waals surface area contributed by atoms with Crippen LogP contribution in [0.5, 0.6) is 0 Å².